The molecule has 1 aromatic rings. The Morgan fingerprint density at radius 2 is 2.29 bits per heavy atom. The Bertz CT molecular complexity index is 281. The first-order chi connectivity index (χ1) is 6.67. The van der Waals surface area contributed by atoms with E-state index in [1.54, 1.807) is 7.11 Å². The molecule has 1 aromatic heterocycles. The molecule has 0 aliphatic carbocycles. The van der Waals surface area contributed by atoms with E-state index in [1.165, 1.54) is 0 Å². The predicted molar refractivity (Wildman–Crippen MR) is 56.4 cm³/mol. The van der Waals surface area contributed by atoms with Gasteiger partial charge in [0.2, 0.25) is 5.88 Å². The molecule has 4 heteroatoms. The van der Waals surface area contributed by atoms with Gasteiger partial charge in [-0.05, 0) is 12.3 Å². The zero-order valence-electron chi connectivity index (χ0n) is 9.16. The van der Waals surface area contributed by atoms with Crippen molar-refractivity contribution in [3.05, 3.63) is 11.8 Å². The molecule has 0 saturated heterocycles. The summed E-state index contributed by atoms with van der Waals surface area (Å²) < 4.78 is 7.02. The third-order valence-corrected chi connectivity index (χ3v) is 1.96. The molecule has 2 N–H and O–H groups in total. The summed E-state index contributed by atoms with van der Waals surface area (Å²) in [6.07, 6.45) is 0.980. The van der Waals surface area contributed by atoms with Gasteiger partial charge < -0.3 is 10.5 Å². The minimum atomic E-state index is 0.582. The number of rotatable bonds is 5. The average Bonchev–Trinajstić information content (AvgIpc) is 2.47. The number of nitrogens with zero attached hydrogens (tertiary/aromatic N) is 2. The normalized spacial score (nSPS) is 10.9. The maximum Gasteiger partial charge on any atom is 0.211 e. The van der Waals surface area contributed by atoms with Crippen LogP contribution in [0.25, 0.3) is 0 Å². The third-order valence-electron chi connectivity index (χ3n) is 1.96. The Kier molecular flexibility index (Phi) is 3.95. The molecule has 0 saturated carbocycles. The lowest BCUT2D eigenvalue weighted by molar-refractivity contribution is 0.361. The summed E-state index contributed by atoms with van der Waals surface area (Å²) in [6.45, 7) is 5.64. The summed E-state index contributed by atoms with van der Waals surface area (Å²) in [4.78, 5) is 0. The van der Waals surface area contributed by atoms with Crippen molar-refractivity contribution in [3.8, 4) is 5.88 Å². The van der Waals surface area contributed by atoms with Crippen LogP contribution in [-0.2, 0) is 13.0 Å². The first-order valence-electron chi connectivity index (χ1n) is 4.98. The van der Waals surface area contributed by atoms with Crippen molar-refractivity contribution in [2.45, 2.75) is 26.8 Å². The Labute approximate surface area is 85.0 Å². The van der Waals surface area contributed by atoms with Gasteiger partial charge in [0, 0.05) is 12.6 Å². The maximum atomic E-state index is 5.48. The highest BCUT2D eigenvalue weighted by Crippen LogP contribution is 2.15. The lowest BCUT2D eigenvalue weighted by atomic mass is 10.1. The molecule has 0 fully saturated rings. The Morgan fingerprint density at radius 3 is 2.79 bits per heavy atom. The van der Waals surface area contributed by atoms with Crippen molar-refractivity contribution in [3.63, 3.8) is 0 Å². The molecule has 0 spiro atoms. The van der Waals surface area contributed by atoms with Gasteiger partial charge in [-0.15, -0.1) is 0 Å². The van der Waals surface area contributed by atoms with Gasteiger partial charge in [-0.25, -0.2) is 4.68 Å². The average molecular weight is 197 g/mol. The van der Waals surface area contributed by atoms with E-state index in [-0.39, 0.29) is 0 Å². The highest BCUT2D eigenvalue weighted by atomic mass is 16.5. The lowest BCUT2D eigenvalue weighted by Gasteiger charge is -2.02. The molecule has 0 atom stereocenters. The minimum absolute atomic E-state index is 0.582. The molecule has 0 aromatic carbocycles. The fraction of sp³-hybridized carbons (Fsp3) is 0.700. The molecule has 0 bridgehead atoms. The Balaban J connectivity index is 2.77. The van der Waals surface area contributed by atoms with Crippen LogP contribution >= 0.6 is 0 Å². The smallest absolute Gasteiger partial charge is 0.211 e. The van der Waals surface area contributed by atoms with Crippen LogP contribution in [0, 0.1) is 5.92 Å². The molecule has 1 rings (SSSR count). The number of ether oxygens (including phenoxy) is 1. The second kappa shape index (κ2) is 5.00. The fourth-order valence-corrected chi connectivity index (χ4v) is 1.42. The number of aromatic nitrogens is 2. The first-order valence-corrected chi connectivity index (χ1v) is 4.98. The van der Waals surface area contributed by atoms with Gasteiger partial charge >= 0.3 is 0 Å². The Hall–Kier alpha value is -1.03. The van der Waals surface area contributed by atoms with Gasteiger partial charge in [0.05, 0.1) is 19.3 Å². The van der Waals surface area contributed by atoms with E-state index >= 15 is 0 Å². The monoisotopic (exact) mass is 197 g/mol. The Morgan fingerprint density at radius 1 is 1.57 bits per heavy atom. The van der Waals surface area contributed by atoms with Crippen molar-refractivity contribution >= 4 is 0 Å². The SMILES string of the molecule is COc1cc(CC(C)C)nn1CCN. The van der Waals surface area contributed by atoms with Crippen LogP contribution in [0.3, 0.4) is 0 Å². The molecular weight excluding hydrogens is 178 g/mol. The molecular formula is C10H19N3O. The molecule has 0 aliphatic heterocycles. The van der Waals surface area contributed by atoms with Crippen LogP contribution in [0.1, 0.15) is 19.5 Å². The van der Waals surface area contributed by atoms with Gasteiger partial charge in [-0.3, -0.25) is 0 Å². The molecule has 0 unspecified atom stereocenters. The summed E-state index contributed by atoms with van der Waals surface area (Å²) in [5.41, 5.74) is 6.55. The van der Waals surface area contributed by atoms with Crippen molar-refractivity contribution in [1.29, 1.82) is 0 Å². The summed E-state index contributed by atoms with van der Waals surface area (Å²) in [5, 5.41) is 4.42. The van der Waals surface area contributed by atoms with E-state index < -0.39 is 0 Å². The van der Waals surface area contributed by atoms with Gasteiger partial charge in [-0.1, -0.05) is 13.8 Å². The van der Waals surface area contributed by atoms with Crippen LogP contribution in [0.4, 0.5) is 0 Å². The molecule has 4 nitrogen and oxygen atoms in total. The van der Waals surface area contributed by atoms with E-state index in [0.717, 1.165) is 18.0 Å². The molecule has 0 aliphatic rings. The van der Waals surface area contributed by atoms with Crippen molar-refractivity contribution in [2.24, 2.45) is 11.7 Å². The fourth-order valence-electron chi connectivity index (χ4n) is 1.42. The number of methoxy groups -OCH3 is 1. The zero-order valence-corrected chi connectivity index (χ0v) is 9.16. The van der Waals surface area contributed by atoms with E-state index in [9.17, 15) is 0 Å². The summed E-state index contributed by atoms with van der Waals surface area (Å²) in [6, 6.07) is 1.98. The number of hydrogen-bond donors (Lipinski definition) is 1. The van der Waals surface area contributed by atoms with Crippen molar-refractivity contribution in [1.82, 2.24) is 9.78 Å². The topological polar surface area (TPSA) is 53.1 Å². The van der Waals surface area contributed by atoms with E-state index in [2.05, 4.69) is 18.9 Å². The highest BCUT2D eigenvalue weighted by molar-refractivity contribution is 5.16. The highest BCUT2D eigenvalue weighted by Gasteiger charge is 2.08. The van der Waals surface area contributed by atoms with E-state index in [1.807, 2.05) is 10.7 Å². The second-order valence-electron chi connectivity index (χ2n) is 3.79. The molecule has 14 heavy (non-hydrogen) atoms. The second-order valence-corrected chi connectivity index (χ2v) is 3.79. The quantitative estimate of drug-likeness (QED) is 0.767. The van der Waals surface area contributed by atoms with Gasteiger partial charge in [0.25, 0.3) is 0 Å². The van der Waals surface area contributed by atoms with Crippen LogP contribution in [0.2, 0.25) is 0 Å². The standard InChI is InChI=1S/C10H19N3O/c1-8(2)6-9-7-10(14-3)13(12-9)5-4-11/h7-8H,4-6,11H2,1-3H3. The van der Waals surface area contributed by atoms with Gasteiger partial charge in [-0.2, -0.15) is 5.10 Å². The molecule has 0 radical (unpaired) electrons. The van der Waals surface area contributed by atoms with Crippen LogP contribution in [0.5, 0.6) is 5.88 Å². The van der Waals surface area contributed by atoms with Crippen molar-refractivity contribution < 1.29 is 4.74 Å². The summed E-state index contributed by atoms with van der Waals surface area (Å²) >= 11 is 0. The van der Waals surface area contributed by atoms with Crippen molar-refractivity contribution in [2.75, 3.05) is 13.7 Å². The molecule has 0 amide bonds. The van der Waals surface area contributed by atoms with E-state index in [4.69, 9.17) is 10.5 Å². The largest absolute Gasteiger partial charge is 0.481 e. The zero-order chi connectivity index (χ0) is 10.6. The molecule has 80 valence electrons. The summed E-state index contributed by atoms with van der Waals surface area (Å²) in [7, 11) is 1.66. The first kappa shape index (κ1) is 11.0. The van der Waals surface area contributed by atoms with Crippen LogP contribution in [-0.4, -0.2) is 23.4 Å². The summed E-state index contributed by atoms with van der Waals surface area (Å²) in [5.74, 6) is 1.41. The van der Waals surface area contributed by atoms with Crippen LogP contribution in [0.15, 0.2) is 6.07 Å². The number of hydrogen-bond acceptors (Lipinski definition) is 3. The van der Waals surface area contributed by atoms with Gasteiger partial charge in [0.15, 0.2) is 0 Å². The number of nitrogens with two attached hydrogens (primary N) is 1. The maximum absolute atomic E-state index is 5.48. The molecule has 1 heterocycles. The van der Waals surface area contributed by atoms with Gasteiger partial charge in [0.1, 0.15) is 0 Å². The predicted octanol–water partition coefficient (Wildman–Crippen LogP) is 1.05. The van der Waals surface area contributed by atoms with E-state index in [0.29, 0.717) is 19.0 Å². The lowest BCUT2D eigenvalue weighted by Crippen LogP contribution is -2.12. The third kappa shape index (κ3) is 2.73. The van der Waals surface area contributed by atoms with Crippen LogP contribution < -0.4 is 10.5 Å². The minimum Gasteiger partial charge on any atom is -0.481 e.